The Hall–Kier alpha value is -1.60. The van der Waals surface area contributed by atoms with Crippen LogP contribution < -0.4 is 5.32 Å². The van der Waals surface area contributed by atoms with Crippen LogP contribution in [0.25, 0.3) is 5.57 Å². The number of piperazine rings is 1. The van der Waals surface area contributed by atoms with Gasteiger partial charge in [0.05, 0.1) is 5.56 Å². The van der Waals surface area contributed by atoms with Crippen molar-refractivity contribution in [1.29, 1.82) is 0 Å². The lowest BCUT2D eigenvalue weighted by molar-refractivity contribution is -0.219. The summed E-state index contributed by atoms with van der Waals surface area (Å²) in [5.74, 6) is 2.59. The normalized spacial score (nSPS) is 42.2. The van der Waals surface area contributed by atoms with E-state index in [2.05, 4.69) is 92.8 Å². The summed E-state index contributed by atoms with van der Waals surface area (Å²) in [6.07, 6.45) is 17.2. The number of rotatable bonds is 9. The molecule has 0 aromatic heterocycles. The van der Waals surface area contributed by atoms with Crippen LogP contribution in [0.2, 0.25) is 0 Å². The van der Waals surface area contributed by atoms with Gasteiger partial charge in [-0.25, -0.2) is 9.10 Å². The van der Waals surface area contributed by atoms with E-state index in [0.717, 1.165) is 30.1 Å². The monoisotopic (exact) mass is 713 g/mol. The van der Waals surface area contributed by atoms with Gasteiger partial charge in [0.25, 0.3) is 0 Å². The number of aromatic carboxylic acids is 1. The molecule has 7 aliphatic rings. The maximum atomic E-state index is 11.6. The van der Waals surface area contributed by atoms with Crippen LogP contribution in [0.5, 0.6) is 0 Å². The molecule has 51 heavy (non-hydrogen) atoms. The lowest BCUT2D eigenvalue weighted by atomic mass is 9.33. The highest BCUT2D eigenvalue weighted by Crippen LogP contribution is 2.76. The first-order valence-electron chi connectivity index (χ1n) is 20.8. The molecule has 5 nitrogen and oxygen atoms in total. The second kappa shape index (κ2) is 13.0. The average molecular weight is 714 g/mol. The van der Waals surface area contributed by atoms with Crippen molar-refractivity contribution in [1.82, 2.24) is 14.5 Å². The molecule has 0 amide bonds. The second-order valence-electron chi connectivity index (χ2n) is 19.8. The van der Waals surface area contributed by atoms with Gasteiger partial charge in [-0.2, -0.15) is 0 Å². The van der Waals surface area contributed by atoms with Crippen molar-refractivity contribution in [2.45, 2.75) is 123 Å². The van der Waals surface area contributed by atoms with E-state index in [0.29, 0.717) is 34.1 Å². The number of carboxylic acid groups (broad SMARTS) is 1. The van der Waals surface area contributed by atoms with Crippen molar-refractivity contribution in [2.24, 2.45) is 51.2 Å². The Labute approximate surface area is 314 Å². The number of hydrogen-bond acceptors (Lipinski definition) is 5. The molecule has 6 aliphatic carbocycles. The van der Waals surface area contributed by atoms with Crippen LogP contribution in [0.4, 0.5) is 0 Å². The molecule has 9 atom stereocenters. The van der Waals surface area contributed by atoms with Crippen molar-refractivity contribution in [3.63, 3.8) is 0 Å². The SMILES string of the molecule is C=C(C)[C@@H]1CC[C@]2(NCCN3CCN(SC4CC4)CC3)CC[C@]3(C)[C@H](CCC4[C@@]5(C)CC=C(c6ccc(C(=O)O)cc6)C(C)(C)C5CC[C@]43C)C12. The minimum absolute atomic E-state index is 0.0433. The predicted octanol–water partition coefficient (Wildman–Crippen LogP) is 9.81. The number of allylic oxidation sites excluding steroid dienone is 3. The van der Waals surface area contributed by atoms with Gasteiger partial charge in [0.1, 0.15) is 0 Å². The molecule has 0 spiro atoms. The number of carboxylic acids is 1. The molecule has 0 bridgehead atoms. The lowest BCUT2D eigenvalue weighted by Crippen LogP contribution is -2.68. The Morgan fingerprint density at radius 2 is 1.61 bits per heavy atom. The highest BCUT2D eigenvalue weighted by atomic mass is 32.2. The molecular weight excluding hydrogens is 647 g/mol. The minimum atomic E-state index is -0.850. The fraction of sp³-hybridized carbons (Fsp3) is 0.756. The number of nitrogens with one attached hydrogen (secondary N) is 1. The summed E-state index contributed by atoms with van der Waals surface area (Å²) in [5, 5.41) is 14.8. The Kier molecular flexibility index (Phi) is 9.29. The van der Waals surface area contributed by atoms with Crippen LogP contribution in [0.1, 0.15) is 128 Å². The Bertz CT molecular complexity index is 1540. The van der Waals surface area contributed by atoms with E-state index in [4.69, 9.17) is 0 Å². The molecule has 3 unspecified atom stereocenters. The van der Waals surface area contributed by atoms with Gasteiger partial charge in [0.2, 0.25) is 0 Å². The third kappa shape index (κ3) is 5.86. The van der Waals surface area contributed by atoms with Crippen molar-refractivity contribution in [3.05, 3.63) is 53.6 Å². The molecule has 8 rings (SSSR count). The molecule has 0 radical (unpaired) electrons. The fourth-order valence-corrected chi connectivity index (χ4v) is 15.4. The predicted molar refractivity (Wildman–Crippen MR) is 213 cm³/mol. The van der Waals surface area contributed by atoms with E-state index >= 15 is 0 Å². The van der Waals surface area contributed by atoms with E-state index in [9.17, 15) is 9.90 Å². The standard InChI is InChI=1S/C45H67N3O2S/c1-30(2)34-16-21-45(46-24-25-47-26-28-48(29-27-47)51-33-12-13-33)23-22-43(6)36(39(34)45)14-15-38-42(5)19-17-35(31-8-10-32(11-9-31)40(49)50)41(3,4)37(42)18-20-44(38,43)7/h8-11,17,33-34,36-39,46H,1,12-16,18-29H2,2-7H3,(H,49,50)/t34-,36+,37?,38?,39?,42-,43+,44+,45-/m0/s1. The van der Waals surface area contributed by atoms with Crippen LogP contribution in [0.15, 0.2) is 42.5 Å². The number of hydrogen-bond donors (Lipinski definition) is 2. The van der Waals surface area contributed by atoms with Crippen LogP contribution in [-0.4, -0.2) is 70.3 Å². The van der Waals surface area contributed by atoms with Crippen LogP contribution in [0.3, 0.4) is 0 Å². The zero-order valence-corrected chi connectivity index (χ0v) is 33.6. The summed E-state index contributed by atoms with van der Waals surface area (Å²) in [6, 6.07) is 7.68. The summed E-state index contributed by atoms with van der Waals surface area (Å²) in [5.41, 5.74) is 5.68. The minimum Gasteiger partial charge on any atom is -0.478 e. The van der Waals surface area contributed by atoms with Gasteiger partial charge in [-0.15, -0.1) is 0 Å². The van der Waals surface area contributed by atoms with Gasteiger partial charge in [-0.1, -0.05) is 76.9 Å². The van der Waals surface area contributed by atoms with Crippen LogP contribution >= 0.6 is 11.9 Å². The summed E-state index contributed by atoms with van der Waals surface area (Å²) in [7, 11) is 0. The lowest BCUT2D eigenvalue weighted by Gasteiger charge is -2.72. The smallest absolute Gasteiger partial charge is 0.335 e. The second-order valence-corrected chi connectivity index (χ2v) is 21.2. The molecule has 1 aromatic rings. The third-order valence-electron chi connectivity index (χ3n) is 17.1. The topological polar surface area (TPSA) is 55.8 Å². The first-order chi connectivity index (χ1) is 24.2. The molecule has 5 saturated carbocycles. The summed E-state index contributed by atoms with van der Waals surface area (Å²) in [4.78, 5) is 14.3. The Balaban J connectivity index is 1.01. The third-order valence-corrected chi connectivity index (χ3v) is 18.6. The first kappa shape index (κ1) is 36.4. The number of benzene rings is 1. The molecule has 1 aliphatic heterocycles. The molecule has 1 aromatic carbocycles. The zero-order valence-electron chi connectivity index (χ0n) is 32.7. The van der Waals surface area contributed by atoms with Gasteiger partial charge in [0.15, 0.2) is 0 Å². The molecule has 1 heterocycles. The summed E-state index contributed by atoms with van der Waals surface area (Å²) < 4.78 is 2.64. The number of carbonyl (C=O) groups is 1. The summed E-state index contributed by atoms with van der Waals surface area (Å²) in [6.45, 7) is 27.4. The van der Waals surface area contributed by atoms with Crippen molar-refractivity contribution in [3.8, 4) is 0 Å². The number of nitrogens with zero attached hydrogens (tertiary/aromatic N) is 2. The van der Waals surface area contributed by atoms with Gasteiger partial charge in [0, 0.05) is 50.1 Å². The van der Waals surface area contributed by atoms with E-state index in [-0.39, 0.29) is 16.4 Å². The maximum absolute atomic E-state index is 11.6. The highest BCUT2D eigenvalue weighted by Gasteiger charge is 2.70. The fourth-order valence-electron chi connectivity index (χ4n) is 14.2. The molecular formula is C45H67N3O2S. The van der Waals surface area contributed by atoms with Crippen LogP contribution in [0, 0.1) is 51.2 Å². The molecule has 6 fully saturated rings. The first-order valence-corrected chi connectivity index (χ1v) is 21.6. The van der Waals surface area contributed by atoms with Gasteiger partial charge in [-0.3, -0.25) is 4.90 Å². The van der Waals surface area contributed by atoms with E-state index in [1.54, 1.807) is 12.1 Å². The highest BCUT2D eigenvalue weighted by molar-refractivity contribution is 7.97. The quantitative estimate of drug-likeness (QED) is 0.196. The van der Waals surface area contributed by atoms with E-state index in [1.165, 1.54) is 114 Å². The average Bonchev–Trinajstić information content (AvgIpc) is 3.82. The summed E-state index contributed by atoms with van der Waals surface area (Å²) >= 11 is 2.14. The van der Waals surface area contributed by atoms with Crippen molar-refractivity contribution in [2.75, 3.05) is 39.3 Å². The van der Waals surface area contributed by atoms with Gasteiger partial charge in [-0.05, 0) is 152 Å². The van der Waals surface area contributed by atoms with E-state index in [1.807, 2.05) is 0 Å². The molecule has 280 valence electrons. The van der Waals surface area contributed by atoms with Crippen molar-refractivity contribution < 1.29 is 9.90 Å². The molecule has 6 heteroatoms. The van der Waals surface area contributed by atoms with Crippen molar-refractivity contribution >= 4 is 23.5 Å². The van der Waals surface area contributed by atoms with E-state index < -0.39 is 5.97 Å². The van der Waals surface area contributed by atoms with Gasteiger partial charge >= 0.3 is 5.97 Å². The van der Waals surface area contributed by atoms with Crippen LogP contribution in [-0.2, 0) is 0 Å². The largest absolute Gasteiger partial charge is 0.478 e. The molecule has 2 N–H and O–H groups in total. The zero-order chi connectivity index (χ0) is 36.0. The molecule has 1 saturated heterocycles. The van der Waals surface area contributed by atoms with Gasteiger partial charge < -0.3 is 10.4 Å². The number of fused-ring (bicyclic) bond motifs is 7. The maximum Gasteiger partial charge on any atom is 0.335 e. The Morgan fingerprint density at radius 3 is 2.27 bits per heavy atom. The Morgan fingerprint density at radius 1 is 0.882 bits per heavy atom.